The van der Waals surface area contributed by atoms with Crippen LogP contribution < -0.4 is 15.4 Å². The van der Waals surface area contributed by atoms with Crippen molar-refractivity contribution < 1.29 is 27.5 Å². The molecule has 0 bridgehead atoms. The highest BCUT2D eigenvalue weighted by molar-refractivity contribution is 7.90. The van der Waals surface area contributed by atoms with Crippen molar-refractivity contribution in [2.24, 2.45) is 0 Å². The second-order valence-electron chi connectivity index (χ2n) is 7.30. The van der Waals surface area contributed by atoms with Gasteiger partial charge in [-0.05, 0) is 30.5 Å². The van der Waals surface area contributed by atoms with Crippen LogP contribution in [0.4, 0.5) is 10.5 Å². The van der Waals surface area contributed by atoms with E-state index in [-0.39, 0.29) is 18.8 Å². The number of unbranched alkanes of at least 4 members (excludes halogenated alkanes) is 1. The molecule has 10 heteroatoms. The minimum absolute atomic E-state index is 0.0122. The van der Waals surface area contributed by atoms with Crippen LogP contribution >= 0.6 is 0 Å². The zero-order chi connectivity index (χ0) is 24.1. The molecule has 176 valence electrons. The minimum atomic E-state index is -3.35. The first-order valence-electron chi connectivity index (χ1n) is 10.3. The van der Waals surface area contributed by atoms with Crippen molar-refractivity contribution >= 4 is 27.5 Å². The average molecular weight is 474 g/mol. The molecule has 2 aromatic carbocycles. The number of carbonyl (C=O) groups excluding carboxylic acids is 2. The number of nitrogens with zero attached hydrogens (tertiary/aromatic N) is 1. The van der Waals surface area contributed by atoms with E-state index in [0.29, 0.717) is 30.9 Å². The molecular formula is C23H27N3O6S. The van der Waals surface area contributed by atoms with E-state index < -0.39 is 27.9 Å². The van der Waals surface area contributed by atoms with Gasteiger partial charge in [-0.1, -0.05) is 36.4 Å². The summed E-state index contributed by atoms with van der Waals surface area (Å²) in [5.74, 6) is -0.364. The van der Waals surface area contributed by atoms with Gasteiger partial charge in [-0.3, -0.25) is 4.79 Å². The number of rotatable bonds is 12. The van der Waals surface area contributed by atoms with Crippen LogP contribution in [0.1, 0.15) is 24.8 Å². The lowest BCUT2D eigenvalue weighted by molar-refractivity contribution is -0.118. The van der Waals surface area contributed by atoms with Gasteiger partial charge in [-0.15, -0.1) is 0 Å². The standard InChI is InChI=1S/C23H27N3O6S/c1-33(29,30)15-12-21(26-23(28)32-17-18-8-3-2-4-9-18)22(27)25-19-10-7-11-20(16-19)31-14-6-5-13-24/h2-4,7-11,16,21H,5-6,12,14-15,17H2,1H3,(H,25,27)(H,26,28). The summed E-state index contributed by atoms with van der Waals surface area (Å²) in [6, 6.07) is 16.6. The van der Waals surface area contributed by atoms with Gasteiger partial charge in [0, 0.05) is 24.4 Å². The van der Waals surface area contributed by atoms with Crippen LogP contribution in [0.5, 0.6) is 5.75 Å². The lowest BCUT2D eigenvalue weighted by Gasteiger charge is -2.18. The van der Waals surface area contributed by atoms with Crippen molar-refractivity contribution in [1.82, 2.24) is 5.32 Å². The zero-order valence-corrected chi connectivity index (χ0v) is 19.1. The Bertz CT molecular complexity index is 1070. The smallest absolute Gasteiger partial charge is 0.408 e. The first kappa shape index (κ1) is 25.7. The zero-order valence-electron chi connectivity index (χ0n) is 18.3. The molecule has 0 aliphatic heterocycles. The van der Waals surface area contributed by atoms with Crippen molar-refractivity contribution in [3.05, 3.63) is 60.2 Å². The topological polar surface area (TPSA) is 135 Å². The van der Waals surface area contributed by atoms with E-state index in [1.165, 1.54) is 0 Å². The molecule has 0 heterocycles. The Morgan fingerprint density at radius 1 is 1.12 bits per heavy atom. The fraction of sp³-hybridized carbons (Fsp3) is 0.348. The summed E-state index contributed by atoms with van der Waals surface area (Å²) < 4.78 is 33.9. The molecule has 0 aliphatic carbocycles. The van der Waals surface area contributed by atoms with E-state index in [1.54, 1.807) is 48.5 Å². The minimum Gasteiger partial charge on any atom is -0.493 e. The van der Waals surface area contributed by atoms with Gasteiger partial charge in [0.05, 0.1) is 18.4 Å². The van der Waals surface area contributed by atoms with Crippen molar-refractivity contribution in [2.75, 3.05) is 23.9 Å². The predicted octanol–water partition coefficient (Wildman–Crippen LogP) is 3.04. The van der Waals surface area contributed by atoms with Crippen LogP contribution in [0.25, 0.3) is 0 Å². The number of amides is 2. The number of hydrogen-bond acceptors (Lipinski definition) is 7. The number of hydrogen-bond donors (Lipinski definition) is 2. The van der Waals surface area contributed by atoms with Gasteiger partial charge in [0.2, 0.25) is 5.91 Å². The highest BCUT2D eigenvalue weighted by Crippen LogP contribution is 2.18. The van der Waals surface area contributed by atoms with Crippen molar-refractivity contribution in [1.29, 1.82) is 5.26 Å². The largest absolute Gasteiger partial charge is 0.493 e. The third-order valence-corrected chi connectivity index (χ3v) is 5.38. The first-order chi connectivity index (χ1) is 15.8. The number of carbonyl (C=O) groups is 2. The van der Waals surface area contributed by atoms with Gasteiger partial charge in [-0.2, -0.15) is 5.26 Å². The van der Waals surface area contributed by atoms with Crippen molar-refractivity contribution in [2.45, 2.75) is 31.9 Å². The number of nitrogens with one attached hydrogen (secondary N) is 2. The summed E-state index contributed by atoms with van der Waals surface area (Å²) in [5, 5.41) is 13.7. The third-order valence-electron chi connectivity index (χ3n) is 4.40. The number of nitriles is 1. The molecule has 33 heavy (non-hydrogen) atoms. The molecule has 0 aromatic heterocycles. The van der Waals surface area contributed by atoms with Crippen molar-refractivity contribution in [3.63, 3.8) is 0 Å². The quantitative estimate of drug-likeness (QED) is 0.452. The van der Waals surface area contributed by atoms with Gasteiger partial charge < -0.3 is 20.1 Å². The molecule has 1 atom stereocenters. The number of ether oxygens (including phenoxy) is 2. The van der Waals surface area contributed by atoms with Gasteiger partial charge >= 0.3 is 6.09 Å². The van der Waals surface area contributed by atoms with E-state index >= 15 is 0 Å². The summed E-state index contributed by atoms with van der Waals surface area (Å²) in [6.45, 7) is 0.370. The molecule has 0 saturated heterocycles. The Labute approximate surface area is 193 Å². The molecule has 0 fully saturated rings. The summed E-state index contributed by atoms with van der Waals surface area (Å²) >= 11 is 0. The third kappa shape index (κ3) is 10.5. The van der Waals surface area contributed by atoms with Crippen LogP contribution in [0, 0.1) is 11.3 Å². The fourth-order valence-corrected chi connectivity index (χ4v) is 3.41. The summed E-state index contributed by atoms with van der Waals surface area (Å²) in [5.41, 5.74) is 1.19. The molecule has 0 aliphatic rings. The summed E-state index contributed by atoms with van der Waals surface area (Å²) in [4.78, 5) is 25.0. The number of anilines is 1. The summed E-state index contributed by atoms with van der Waals surface area (Å²) in [7, 11) is -3.35. The SMILES string of the molecule is CS(=O)(=O)CCC(NC(=O)OCc1ccccc1)C(=O)Nc1cccc(OCCCC#N)c1. The Hall–Kier alpha value is -3.58. The highest BCUT2D eigenvalue weighted by atomic mass is 32.2. The lowest BCUT2D eigenvalue weighted by Crippen LogP contribution is -2.45. The van der Waals surface area contributed by atoms with Gasteiger partial charge in [-0.25, -0.2) is 13.2 Å². The Morgan fingerprint density at radius 2 is 1.88 bits per heavy atom. The summed E-state index contributed by atoms with van der Waals surface area (Å²) in [6.07, 6.45) is 1.07. The molecule has 2 N–H and O–H groups in total. The second kappa shape index (κ2) is 13.1. The van der Waals surface area contributed by atoms with E-state index in [1.807, 2.05) is 12.1 Å². The maximum Gasteiger partial charge on any atom is 0.408 e. The van der Waals surface area contributed by atoms with Crippen LogP contribution in [0.2, 0.25) is 0 Å². The molecule has 2 rings (SSSR count). The molecule has 2 amide bonds. The lowest BCUT2D eigenvalue weighted by atomic mass is 10.2. The normalized spacial score (nSPS) is 11.6. The first-order valence-corrected chi connectivity index (χ1v) is 12.4. The molecule has 0 saturated carbocycles. The van der Waals surface area contributed by atoms with Gasteiger partial charge in [0.15, 0.2) is 0 Å². The Balaban J connectivity index is 1.99. The van der Waals surface area contributed by atoms with Crippen LogP contribution in [-0.2, 0) is 26.0 Å². The monoisotopic (exact) mass is 473 g/mol. The maximum absolute atomic E-state index is 12.8. The molecule has 1 unspecified atom stereocenters. The van der Waals surface area contributed by atoms with Crippen LogP contribution in [-0.4, -0.2) is 45.1 Å². The van der Waals surface area contributed by atoms with E-state index in [9.17, 15) is 18.0 Å². The van der Waals surface area contributed by atoms with Crippen LogP contribution in [0.15, 0.2) is 54.6 Å². The van der Waals surface area contributed by atoms with E-state index in [2.05, 4.69) is 10.6 Å². The Kier molecular flexibility index (Phi) is 10.2. The maximum atomic E-state index is 12.8. The highest BCUT2D eigenvalue weighted by Gasteiger charge is 2.23. The number of alkyl carbamates (subject to hydrolysis) is 1. The predicted molar refractivity (Wildman–Crippen MR) is 123 cm³/mol. The average Bonchev–Trinajstić information content (AvgIpc) is 2.78. The van der Waals surface area contributed by atoms with Gasteiger partial charge in [0.1, 0.15) is 28.2 Å². The molecular weight excluding hydrogens is 446 g/mol. The Morgan fingerprint density at radius 3 is 2.58 bits per heavy atom. The fourth-order valence-electron chi connectivity index (χ4n) is 2.74. The van der Waals surface area contributed by atoms with Gasteiger partial charge in [0.25, 0.3) is 0 Å². The molecule has 9 nitrogen and oxygen atoms in total. The van der Waals surface area contributed by atoms with E-state index in [0.717, 1.165) is 11.8 Å². The van der Waals surface area contributed by atoms with Crippen molar-refractivity contribution in [3.8, 4) is 11.8 Å². The number of sulfone groups is 1. The molecule has 2 aromatic rings. The van der Waals surface area contributed by atoms with Crippen LogP contribution in [0.3, 0.4) is 0 Å². The van der Waals surface area contributed by atoms with E-state index in [4.69, 9.17) is 14.7 Å². The molecule has 0 radical (unpaired) electrons. The number of benzene rings is 2. The molecule has 0 spiro atoms. The second-order valence-corrected chi connectivity index (χ2v) is 9.56.